The van der Waals surface area contributed by atoms with Gasteiger partial charge >= 0.3 is 0 Å². The molecule has 2 aromatic heterocycles. The van der Waals surface area contributed by atoms with Crippen molar-refractivity contribution in [1.29, 1.82) is 0 Å². The second-order valence-corrected chi connectivity index (χ2v) is 6.52. The standard InChI is InChI=1S/C17H21ClN4O2/c1-10-15(11(2)22(3)21-10)16-12(5-7-24-16)8-20-17(23)13-4-6-19-9-14(13)18/h4,6,9,12,16H,5,7-8H2,1-3H3,(H,20,23)/t12-,16+/m1/s1. The third-order valence-electron chi connectivity index (χ3n) is 4.61. The molecule has 0 spiro atoms. The largest absolute Gasteiger partial charge is 0.373 e. The lowest BCUT2D eigenvalue weighted by Gasteiger charge is -2.20. The molecular weight excluding hydrogens is 328 g/mol. The zero-order chi connectivity index (χ0) is 17.3. The van der Waals surface area contributed by atoms with Gasteiger partial charge in [-0.2, -0.15) is 5.10 Å². The smallest absolute Gasteiger partial charge is 0.252 e. The summed E-state index contributed by atoms with van der Waals surface area (Å²) in [6.07, 6.45) is 3.90. The molecule has 24 heavy (non-hydrogen) atoms. The highest BCUT2D eigenvalue weighted by Crippen LogP contribution is 2.37. The normalized spacial score (nSPS) is 20.3. The average Bonchev–Trinajstić information content (AvgIpc) is 3.10. The summed E-state index contributed by atoms with van der Waals surface area (Å²) in [5.74, 6) is 0.0313. The Kier molecular flexibility index (Phi) is 4.87. The topological polar surface area (TPSA) is 69.0 Å². The van der Waals surface area contributed by atoms with Crippen LogP contribution in [0.4, 0.5) is 0 Å². The minimum Gasteiger partial charge on any atom is -0.373 e. The molecule has 1 aliphatic rings. The lowest BCUT2D eigenvalue weighted by Crippen LogP contribution is -2.31. The first-order valence-corrected chi connectivity index (χ1v) is 8.36. The van der Waals surface area contributed by atoms with E-state index in [4.69, 9.17) is 16.3 Å². The van der Waals surface area contributed by atoms with Gasteiger partial charge in [0.05, 0.1) is 22.4 Å². The summed E-state index contributed by atoms with van der Waals surface area (Å²) < 4.78 is 7.82. The lowest BCUT2D eigenvalue weighted by atomic mass is 9.94. The molecule has 0 radical (unpaired) electrons. The lowest BCUT2D eigenvalue weighted by molar-refractivity contribution is 0.0840. The van der Waals surface area contributed by atoms with Gasteiger partial charge in [0.2, 0.25) is 0 Å². The second-order valence-electron chi connectivity index (χ2n) is 6.11. The summed E-state index contributed by atoms with van der Waals surface area (Å²) in [4.78, 5) is 16.2. The van der Waals surface area contributed by atoms with Gasteiger partial charge in [-0.3, -0.25) is 14.5 Å². The maximum absolute atomic E-state index is 12.3. The van der Waals surface area contributed by atoms with Crippen LogP contribution in [0.2, 0.25) is 5.02 Å². The molecule has 6 nitrogen and oxygen atoms in total. The number of pyridine rings is 1. The summed E-state index contributed by atoms with van der Waals surface area (Å²) in [6.45, 7) is 5.27. The fourth-order valence-electron chi connectivity index (χ4n) is 3.24. The van der Waals surface area contributed by atoms with E-state index in [0.717, 1.165) is 23.4 Å². The Hall–Kier alpha value is -1.92. The van der Waals surface area contributed by atoms with Gasteiger partial charge in [0.25, 0.3) is 5.91 Å². The van der Waals surface area contributed by atoms with E-state index in [1.807, 2.05) is 25.6 Å². The molecule has 0 aliphatic carbocycles. The van der Waals surface area contributed by atoms with Gasteiger partial charge in [0, 0.05) is 49.8 Å². The van der Waals surface area contributed by atoms with Crippen molar-refractivity contribution < 1.29 is 9.53 Å². The first-order chi connectivity index (χ1) is 11.5. The highest BCUT2D eigenvalue weighted by Gasteiger charge is 2.33. The Balaban J connectivity index is 1.71. The van der Waals surface area contributed by atoms with Crippen molar-refractivity contribution >= 4 is 17.5 Å². The molecule has 1 amide bonds. The molecule has 0 unspecified atom stereocenters. The van der Waals surface area contributed by atoms with Crippen LogP contribution in [0.25, 0.3) is 0 Å². The Morgan fingerprint density at radius 3 is 2.96 bits per heavy atom. The zero-order valence-electron chi connectivity index (χ0n) is 14.0. The van der Waals surface area contributed by atoms with Crippen molar-refractivity contribution in [3.05, 3.63) is 46.0 Å². The minimum atomic E-state index is -0.187. The molecule has 1 fully saturated rings. The van der Waals surface area contributed by atoms with E-state index in [0.29, 0.717) is 23.7 Å². The number of halogens is 1. The molecule has 2 aromatic rings. The fourth-order valence-corrected chi connectivity index (χ4v) is 3.45. The van der Waals surface area contributed by atoms with Gasteiger partial charge in [-0.05, 0) is 26.3 Å². The molecule has 1 saturated heterocycles. The Labute approximate surface area is 146 Å². The number of hydrogen-bond donors (Lipinski definition) is 1. The van der Waals surface area contributed by atoms with E-state index >= 15 is 0 Å². The number of aromatic nitrogens is 3. The Morgan fingerprint density at radius 2 is 2.29 bits per heavy atom. The van der Waals surface area contributed by atoms with Crippen molar-refractivity contribution in [1.82, 2.24) is 20.1 Å². The molecule has 1 aliphatic heterocycles. The molecule has 7 heteroatoms. The number of hydrogen-bond acceptors (Lipinski definition) is 4. The van der Waals surface area contributed by atoms with Gasteiger partial charge in [-0.15, -0.1) is 0 Å². The molecule has 0 aromatic carbocycles. The van der Waals surface area contributed by atoms with Crippen molar-refractivity contribution in [2.24, 2.45) is 13.0 Å². The first-order valence-electron chi connectivity index (χ1n) is 7.98. The van der Waals surface area contributed by atoms with Crippen LogP contribution in [0.3, 0.4) is 0 Å². The van der Waals surface area contributed by atoms with Crippen LogP contribution >= 0.6 is 11.6 Å². The van der Waals surface area contributed by atoms with Crippen LogP contribution in [-0.4, -0.2) is 33.8 Å². The molecule has 1 N–H and O–H groups in total. The summed E-state index contributed by atoms with van der Waals surface area (Å²) in [6, 6.07) is 1.62. The predicted molar refractivity (Wildman–Crippen MR) is 91.1 cm³/mol. The third kappa shape index (κ3) is 3.16. The van der Waals surface area contributed by atoms with E-state index in [1.54, 1.807) is 12.3 Å². The maximum Gasteiger partial charge on any atom is 0.252 e. The average molecular weight is 349 g/mol. The maximum atomic E-state index is 12.3. The number of amides is 1. The van der Waals surface area contributed by atoms with Crippen LogP contribution in [0.1, 0.15) is 39.8 Å². The van der Waals surface area contributed by atoms with E-state index in [1.165, 1.54) is 6.20 Å². The van der Waals surface area contributed by atoms with E-state index in [-0.39, 0.29) is 17.9 Å². The molecule has 0 saturated carbocycles. The Morgan fingerprint density at radius 1 is 1.50 bits per heavy atom. The molecule has 0 bridgehead atoms. The van der Waals surface area contributed by atoms with Crippen LogP contribution in [0.5, 0.6) is 0 Å². The second kappa shape index (κ2) is 6.91. The van der Waals surface area contributed by atoms with Crippen LogP contribution < -0.4 is 5.32 Å². The van der Waals surface area contributed by atoms with Crippen molar-refractivity contribution in [3.8, 4) is 0 Å². The van der Waals surface area contributed by atoms with Crippen molar-refractivity contribution in [3.63, 3.8) is 0 Å². The zero-order valence-corrected chi connectivity index (χ0v) is 14.8. The monoisotopic (exact) mass is 348 g/mol. The number of carbonyl (C=O) groups excluding carboxylic acids is 1. The predicted octanol–water partition coefficient (Wildman–Crippen LogP) is 2.59. The number of rotatable bonds is 4. The minimum absolute atomic E-state index is 0.0353. The number of ether oxygens (including phenoxy) is 1. The van der Waals surface area contributed by atoms with Gasteiger partial charge in [-0.1, -0.05) is 11.6 Å². The highest BCUT2D eigenvalue weighted by molar-refractivity contribution is 6.33. The molecule has 128 valence electrons. The van der Waals surface area contributed by atoms with Crippen molar-refractivity contribution in [2.45, 2.75) is 26.4 Å². The van der Waals surface area contributed by atoms with Crippen molar-refractivity contribution in [2.75, 3.05) is 13.2 Å². The van der Waals surface area contributed by atoms with Gasteiger partial charge in [0.1, 0.15) is 0 Å². The quantitative estimate of drug-likeness (QED) is 0.922. The molecular formula is C17H21ClN4O2. The van der Waals surface area contributed by atoms with Gasteiger partial charge in [0.15, 0.2) is 0 Å². The van der Waals surface area contributed by atoms with E-state index in [9.17, 15) is 4.79 Å². The molecule has 3 heterocycles. The number of nitrogens with one attached hydrogen (secondary N) is 1. The van der Waals surface area contributed by atoms with Crippen LogP contribution in [-0.2, 0) is 11.8 Å². The van der Waals surface area contributed by atoms with Crippen LogP contribution in [0.15, 0.2) is 18.5 Å². The summed E-state index contributed by atoms with van der Waals surface area (Å²) in [5, 5.41) is 7.79. The molecule has 3 rings (SSSR count). The summed E-state index contributed by atoms with van der Waals surface area (Å²) in [5.41, 5.74) is 3.66. The molecule has 2 atom stereocenters. The summed E-state index contributed by atoms with van der Waals surface area (Å²) in [7, 11) is 1.93. The Bertz CT molecular complexity index is 759. The van der Waals surface area contributed by atoms with Gasteiger partial charge < -0.3 is 10.1 Å². The van der Waals surface area contributed by atoms with E-state index < -0.39 is 0 Å². The number of aryl methyl sites for hydroxylation is 2. The first kappa shape index (κ1) is 16.9. The number of carbonyl (C=O) groups is 1. The highest BCUT2D eigenvalue weighted by atomic mass is 35.5. The summed E-state index contributed by atoms with van der Waals surface area (Å²) >= 11 is 6.02. The van der Waals surface area contributed by atoms with Crippen LogP contribution in [0, 0.1) is 19.8 Å². The van der Waals surface area contributed by atoms with Gasteiger partial charge in [-0.25, -0.2) is 0 Å². The SMILES string of the molecule is Cc1nn(C)c(C)c1[C@H]1OCC[C@@H]1CNC(=O)c1ccncc1Cl. The fraction of sp³-hybridized carbons (Fsp3) is 0.471. The van der Waals surface area contributed by atoms with E-state index in [2.05, 4.69) is 15.4 Å². The number of nitrogens with zero attached hydrogens (tertiary/aromatic N) is 3. The third-order valence-corrected chi connectivity index (χ3v) is 4.91.